The van der Waals surface area contributed by atoms with Gasteiger partial charge in [-0.05, 0) is 26.0 Å². The average molecular weight is 248 g/mol. The standard InChI is InChI=1S/C16H28N2/c1-6-16(11-17-13(2)3)18(5)12-15-9-7-14(4)8-10-15/h7-10,13,16-17H,6,11-12H2,1-5H3. The highest BCUT2D eigenvalue weighted by Gasteiger charge is 2.13. The molecule has 1 atom stereocenters. The van der Waals surface area contributed by atoms with Gasteiger partial charge in [0.15, 0.2) is 0 Å². The largest absolute Gasteiger partial charge is 0.313 e. The highest BCUT2D eigenvalue weighted by Crippen LogP contribution is 2.09. The summed E-state index contributed by atoms with van der Waals surface area (Å²) in [5.74, 6) is 0. The topological polar surface area (TPSA) is 15.3 Å². The molecule has 2 heteroatoms. The molecule has 0 bridgehead atoms. The van der Waals surface area contributed by atoms with Crippen LogP contribution in [-0.4, -0.2) is 30.6 Å². The molecule has 1 N–H and O–H groups in total. The van der Waals surface area contributed by atoms with E-state index in [1.54, 1.807) is 0 Å². The molecule has 102 valence electrons. The van der Waals surface area contributed by atoms with Crippen molar-refractivity contribution in [3.8, 4) is 0 Å². The minimum atomic E-state index is 0.562. The fraction of sp³-hybridized carbons (Fsp3) is 0.625. The van der Waals surface area contributed by atoms with E-state index in [-0.39, 0.29) is 0 Å². The van der Waals surface area contributed by atoms with Crippen molar-refractivity contribution in [2.24, 2.45) is 0 Å². The van der Waals surface area contributed by atoms with Gasteiger partial charge in [-0.3, -0.25) is 4.90 Å². The van der Waals surface area contributed by atoms with Crippen molar-refractivity contribution >= 4 is 0 Å². The number of nitrogens with one attached hydrogen (secondary N) is 1. The summed E-state index contributed by atoms with van der Waals surface area (Å²) in [5, 5.41) is 3.53. The third kappa shape index (κ3) is 5.19. The molecule has 0 radical (unpaired) electrons. The first-order valence-electron chi connectivity index (χ1n) is 7.02. The zero-order chi connectivity index (χ0) is 13.5. The Morgan fingerprint density at radius 1 is 1.17 bits per heavy atom. The Hall–Kier alpha value is -0.860. The van der Waals surface area contributed by atoms with Gasteiger partial charge in [-0.2, -0.15) is 0 Å². The summed E-state index contributed by atoms with van der Waals surface area (Å²) in [6, 6.07) is 10.0. The van der Waals surface area contributed by atoms with Crippen LogP contribution in [0.5, 0.6) is 0 Å². The Morgan fingerprint density at radius 2 is 1.78 bits per heavy atom. The van der Waals surface area contributed by atoms with Crippen LogP contribution >= 0.6 is 0 Å². The van der Waals surface area contributed by atoms with Crippen LogP contribution in [0.15, 0.2) is 24.3 Å². The normalized spacial score (nSPS) is 13.3. The van der Waals surface area contributed by atoms with E-state index in [1.807, 2.05) is 0 Å². The maximum absolute atomic E-state index is 3.53. The molecular weight excluding hydrogens is 220 g/mol. The predicted octanol–water partition coefficient (Wildman–Crippen LogP) is 3.20. The predicted molar refractivity (Wildman–Crippen MR) is 79.9 cm³/mol. The maximum atomic E-state index is 3.53. The SMILES string of the molecule is CCC(CNC(C)C)N(C)Cc1ccc(C)cc1. The van der Waals surface area contributed by atoms with Crippen molar-refractivity contribution in [2.75, 3.05) is 13.6 Å². The van der Waals surface area contributed by atoms with Crippen LogP contribution in [0.4, 0.5) is 0 Å². The summed E-state index contributed by atoms with van der Waals surface area (Å²) in [6.45, 7) is 10.9. The molecule has 1 aromatic carbocycles. The molecule has 1 unspecified atom stereocenters. The number of benzene rings is 1. The number of likely N-dealkylation sites (N-methyl/N-ethyl adjacent to an activating group) is 1. The first kappa shape index (κ1) is 15.2. The summed E-state index contributed by atoms with van der Waals surface area (Å²) in [5.41, 5.74) is 2.72. The Labute approximate surface area is 112 Å². The second kappa shape index (κ2) is 7.55. The molecule has 0 fully saturated rings. The van der Waals surface area contributed by atoms with Crippen molar-refractivity contribution in [1.29, 1.82) is 0 Å². The molecular formula is C16H28N2. The fourth-order valence-electron chi connectivity index (χ4n) is 2.09. The van der Waals surface area contributed by atoms with Gasteiger partial charge in [0.05, 0.1) is 0 Å². The van der Waals surface area contributed by atoms with E-state index in [0.29, 0.717) is 12.1 Å². The third-order valence-corrected chi connectivity index (χ3v) is 3.41. The quantitative estimate of drug-likeness (QED) is 0.797. The first-order valence-corrected chi connectivity index (χ1v) is 7.02. The Morgan fingerprint density at radius 3 is 2.28 bits per heavy atom. The van der Waals surface area contributed by atoms with Crippen molar-refractivity contribution in [3.63, 3.8) is 0 Å². The molecule has 0 saturated carbocycles. The van der Waals surface area contributed by atoms with Gasteiger partial charge >= 0.3 is 0 Å². The van der Waals surface area contributed by atoms with Crippen LogP contribution in [0.25, 0.3) is 0 Å². The second-order valence-corrected chi connectivity index (χ2v) is 5.53. The molecule has 0 saturated heterocycles. The fourth-order valence-corrected chi connectivity index (χ4v) is 2.09. The van der Waals surface area contributed by atoms with E-state index in [1.165, 1.54) is 17.5 Å². The van der Waals surface area contributed by atoms with E-state index in [0.717, 1.165) is 13.1 Å². The molecule has 0 aliphatic carbocycles. The number of nitrogens with zero attached hydrogens (tertiary/aromatic N) is 1. The van der Waals surface area contributed by atoms with Crippen molar-refractivity contribution in [1.82, 2.24) is 10.2 Å². The van der Waals surface area contributed by atoms with Gasteiger partial charge in [-0.25, -0.2) is 0 Å². The monoisotopic (exact) mass is 248 g/mol. The number of aryl methyl sites for hydroxylation is 1. The van der Waals surface area contributed by atoms with Crippen molar-refractivity contribution < 1.29 is 0 Å². The molecule has 0 aliphatic heterocycles. The van der Waals surface area contributed by atoms with Crippen LogP contribution < -0.4 is 5.32 Å². The lowest BCUT2D eigenvalue weighted by molar-refractivity contribution is 0.218. The lowest BCUT2D eigenvalue weighted by Gasteiger charge is -2.28. The summed E-state index contributed by atoms with van der Waals surface area (Å²) in [4.78, 5) is 2.44. The van der Waals surface area contributed by atoms with E-state index in [4.69, 9.17) is 0 Å². The third-order valence-electron chi connectivity index (χ3n) is 3.41. The van der Waals surface area contributed by atoms with Crippen LogP contribution in [0.1, 0.15) is 38.3 Å². The lowest BCUT2D eigenvalue weighted by atomic mass is 10.1. The van der Waals surface area contributed by atoms with Gasteiger partial charge in [0.1, 0.15) is 0 Å². The second-order valence-electron chi connectivity index (χ2n) is 5.53. The molecule has 18 heavy (non-hydrogen) atoms. The average Bonchev–Trinajstić information content (AvgIpc) is 2.32. The van der Waals surface area contributed by atoms with Crippen molar-refractivity contribution in [2.45, 2.75) is 52.7 Å². The summed E-state index contributed by atoms with van der Waals surface area (Å²) < 4.78 is 0. The maximum Gasteiger partial charge on any atom is 0.0234 e. The molecule has 0 amide bonds. The Kier molecular flexibility index (Phi) is 6.37. The van der Waals surface area contributed by atoms with Crippen LogP contribution in [-0.2, 0) is 6.54 Å². The number of rotatable bonds is 7. The Balaban J connectivity index is 2.50. The van der Waals surface area contributed by atoms with Crippen LogP contribution in [0.2, 0.25) is 0 Å². The number of hydrogen-bond acceptors (Lipinski definition) is 2. The Bertz CT molecular complexity index is 329. The van der Waals surface area contributed by atoms with E-state index < -0.39 is 0 Å². The van der Waals surface area contributed by atoms with Gasteiger partial charge in [0.25, 0.3) is 0 Å². The smallest absolute Gasteiger partial charge is 0.0234 e. The minimum Gasteiger partial charge on any atom is -0.313 e. The molecule has 2 nitrogen and oxygen atoms in total. The van der Waals surface area contributed by atoms with Gasteiger partial charge in [-0.1, -0.05) is 50.6 Å². The van der Waals surface area contributed by atoms with Crippen LogP contribution in [0, 0.1) is 6.92 Å². The van der Waals surface area contributed by atoms with Crippen molar-refractivity contribution in [3.05, 3.63) is 35.4 Å². The molecule has 0 spiro atoms. The number of hydrogen-bond donors (Lipinski definition) is 1. The highest BCUT2D eigenvalue weighted by atomic mass is 15.1. The van der Waals surface area contributed by atoms with E-state index in [2.05, 4.69) is 69.2 Å². The zero-order valence-corrected chi connectivity index (χ0v) is 12.5. The molecule has 0 aliphatic rings. The van der Waals surface area contributed by atoms with Gasteiger partial charge in [0.2, 0.25) is 0 Å². The van der Waals surface area contributed by atoms with Crippen LogP contribution in [0.3, 0.4) is 0 Å². The summed E-state index contributed by atoms with van der Waals surface area (Å²) in [7, 11) is 2.22. The zero-order valence-electron chi connectivity index (χ0n) is 12.5. The van der Waals surface area contributed by atoms with E-state index in [9.17, 15) is 0 Å². The van der Waals surface area contributed by atoms with Gasteiger partial charge in [0, 0.05) is 25.2 Å². The first-order chi connectivity index (χ1) is 8.52. The molecule has 0 aromatic heterocycles. The van der Waals surface area contributed by atoms with E-state index >= 15 is 0 Å². The van der Waals surface area contributed by atoms with Gasteiger partial charge in [-0.15, -0.1) is 0 Å². The molecule has 1 aromatic rings. The summed E-state index contributed by atoms with van der Waals surface area (Å²) >= 11 is 0. The molecule has 1 rings (SSSR count). The highest BCUT2D eigenvalue weighted by molar-refractivity contribution is 5.21. The molecule has 0 heterocycles. The lowest BCUT2D eigenvalue weighted by Crippen LogP contribution is -2.41. The minimum absolute atomic E-state index is 0.562. The summed E-state index contributed by atoms with van der Waals surface area (Å²) in [6.07, 6.45) is 1.18. The van der Waals surface area contributed by atoms with Gasteiger partial charge < -0.3 is 5.32 Å².